The smallest absolute Gasteiger partial charge is 0.408 e. The summed E-state index contributed by atoms with van der Waals surface area (Å²) in [7, 11) is -3.76. The number of oxazole rings is 1. The number of hydrogen-bond donors (Lipinski definition) is 3. The van der Waals surface area contributed by atoms with Crippen LogP contribution in [0.3, 0.4) is 0 Å². The molecule has 2 aromatic rings. The molecule has 3 aliphatic rings. The highest BCUT2D eigenvalue weighted by atomic mass is 32.2. The SMILES string of the molecule is CC(=O)N[C@@H]1C(C)(C)[C@@H]2C[C@@H]3[C@@H](CCNS(=O)(=O)c4ccc5[nH]c(=O)oc5c4)OCCC31C2. The predicted molar refractivity (Wildman–Crippen MR) is 121 cm³/mol. The number of fused-ring (bicyclic) bond motifs is 2. The third-order valence-electron chi connectivity index (χ3n) is 8.39. The molecule has 1 aromatic carbocycles. The number of H-pyrrole nitrogens is 1. The van der Waals surface area contributed by atoms with Crippen molar-refractivity contribution in [2.75, 3.05) is 13.2 Å². The van der Waals surface area contributed by atoms with Crippen molar-refractivity contribution >= 4 is 27.0 Å². The van der Waals surface area contributed by atoms with Crippen LogP contribution in [0, 0.1) is 22.7 Å². The summed E-state index contributed by atoms with van der Waals surface area (Å²) in [6.45, 7) is 6.95. The van der Waals surface area contributed by atoms with E-state index in [1.165, 1.54) is 18.2 Å². The third kappa shape index (κ3) is 3.63. The molecule has 1 aromatic heterocycles. The lowest BCUT2D eigenvalue weighted by atomic mass is 9.59. The molecule has 1 amide bonds. The van der Waals surface area contributed by atoms with Crippen LogP contribution < -0.4 is 15.8 Å². The van der Waals surface area contributed by atoms with Crippen molar-refractivity contribution in [1.82, 2.24) is 15.0 Å². The average molecular weight is 478 g/mol. The Hall–Kier alpha value is -2.17. The molecule has 2 bridgehead atoms. The van der Waals surface area contributed by atoms with E-state index >= 15 is 0 Å². The predicted octanol–water partition coefficient (Wildman–Crippen LogP) is 2.14. The minimum absolute atomic E-state index is 0.000206. The summed E-state index contributed by atoms with van der Waals surface area (Å²) >= 11 is 0. The van der Waals surface area contributed by atoms with Gasteiger partial charge in [-0.25, -0.2) is 17.9 Å². The minimum Gasteiger partial charge on any atom is -0.408 e. The van der Waals surface area contributed by atoms with E-state index < -0.39 is 15.8 Å². The van der Waals surface area contributed by atoms with Gasteiger partial charge in [-0.1, -0.05) is 13.8 Å². The van der Waals surface area contributed by atoms with Crippen molar-refractivity contribution in [2.24, 2.45) is 22.7 Å². The number of ether oxygens (including phenoxy) is 1. The quantitative estimate of drug-likeness (QED) is 0.584. The van der Waals surface area contributed by atoms with Crippen LogP contribution in [0.2, 0.25) is 0 Å². The highest BCUT2D eigenvalue weighted by molar-refractivity contribution is 7.89. The average Bonchev–Trinajstić information content (AvgIpc) is 3.36. The molecule has 2 saturated carbocycles. The van der Waals surface area contributed by atoms with E-state index in [1.807, 2.05) is 0 Å². The lowest BCUT2D eigenvalue weighted by Gasteiger charge is -2.53. The Balaban J connectivity index is 1.28. The number of hydrogen-bond acceptors (Lipinski definition) is 6. The molecule has 1 spiro atoms. The van der Waals surface area contributed by atoms with E-state index in [-0.39, 0.29) is 45.9 Å². The molecule has 2 aliphatic carbocycles. The van der Waals surface area contributed by atoms with Crippen molar-refractivity contribution in [3.8, 4) is 0 Å². The van der Waals surface area contributed by atoms with Crippen molar-refractivity contribution in [3.63, 3.8) is 0 Å². The number of amides is 1. The molecular formula is C23H31N3O6S. The molecule has 1 saturated heterocycles. The lowest BCUT2D eigenvalue weighted by molar-refractivity contribution is -0.135. The van der Waals surface area contributed by atoms with Crippen LogP contribution in [-0.2, 0) is 19.6 Å². The lowest BCUT2D eigenvalue weighted by Crippen LogP contribution is -2.60. The maximum Gasteiger partial charge on any atom is 0.417 e. The van der Waals surface area contributed by atoms with Gasteiger partial charge in [0.15, 0.2) is 5.58 Å². The summed E-state index contributed by atoms with van der Waals surface area (Å²) in [4.78, 5) is 25.9. The van der Waals surface area contributed by atoms with E-state index in [2.05, 4.69) is 28.9 Å². The Morgan fingerprint density at radius 3 is 2.85 bits per heavy atom. The van der Waals surface area contributed by atoms with Gasteiger partial charge in [-0.15, -0.1) is 0 Å². The second-order valence-electron chi connectivity index (χ2n) is 10.4. The Bertz CT molecular complexity index is 1250. The first kappa shape index (κ1) is 22.6. The van der Waals surface area contributed by atoms with Crippen LogP contribution in [0.15, 0.2) is 32.3 Å². The minimum atomic E-state index is -3.76. The highest BCUT2D eigenvalue weighted by Crippen LogP contribution is 2.68. The molecule has 3 N–H and O–H groups in total. The van der Waals surface area contributed by atoms with Crippen molar-refractivity contribution < 1.29 is 22.4 Å². The first-order chi connectivity index (χ1) is 15.5. The number of aromatic amines is 1. The summed E-state index contributed by atoms with van der Waals surface area (Å²) in [5.74, 6) is 0.196. The number of rotatable bonds is 6. The van der Waals surface area contributed by atoms with Gasteiger partial charge in [-0.2, -0.15) is 0 Å². The van der Waals surface area contributed by atoms with Crippen molar-refractivity contribution in [1.29, 1.82) is 0 Å². The summed E-state index contributed by atoms with van der Waals surface area (Å²) in [6.07, 6.45) is 3.57. The second-order valence-corrected chi connectivity index (χ2v) is 12.2. The molecule has 9 nitrogen and oxygen atoms in total. The number of sulfonamides is 1. The van der Waals surface area contributed by atoms with Crippen LogP contribution in [0.1, 0.15) is 46.5 Å². The second kappa shape index (κ2) is 7.68. The maximum atomic E-state index is 12.8. The molecular weight excluding hydrogens is 446 g/mol. The molecule has 1 unspecified atom stereocenters. The van der Waals surface area contributed by atoms with Crippen LogP contribution in [-0.4, -0.2) is 44.6 Å². The fourth-order valence-electron chi connectivity index (χ4n) is 6.91. The Kier molecular flexibility index (Phi) is 5.26. The van der Waals surface area contributed by atoms with Crippen LogP contribution in [0.25, 0.3) is 11.1 Å². The van der Waals surface area contributed by atoms with Gasteiger partial charge in [0, 0.05) is 32.2 Å². The van der Waals surface area contributed by atoms with Gasteiger partial charge in [-0.3, -0.25) is 9.78 Å². The number of carbonyl (C=O) groups excluding carboxylic acids is 1. The number of carbonyl (C=O) groups is 1. The zero-order chi connectivity index (χ0) is 23.6. The van der Waals surface area contributed by atoms with Gasteiger partial charge in [0.05, 0.1) is 16.5 Å². The molecule has 33 heavy (non-hydrogen) atoms. The van der Waals surface area contributed by atoms with Gasteiger partial charge >= 0.3 is 5.76 Å². The van der Waals surface area contributed by atoms with Crippen LogP contribution in [0.4, 0.5) is 0 Å². The molecule has 5 rings (SSSR count). The summed E-state index contributed by atoms with van der Waals surface area (Å²) in [5.41, 5.74) is 0.706. The van der Waals surface area contributed by atoms with Crippen molar-refractivity contribution in [3.05, 3.63) is 28.7 Å². The molecule has 5 atom stereocenters. The maximum absolute atomic E-state index is 12.8. The highest BCUT2D eigenvalue weighted by Gasteiger charge is 2.68. The van der Waals surface area contributed by atoms with Crippen LogP contribution >= 0.6 is 0 Å². The molecule has 2 heterocycles. The Morgan fingerprint density at radius 2 is 2.09 bits per heavy atom. The van der Waals surface area contributed by atoms with Crippen molar-refractivity contribution in [2.45, 2.75) is 63.5 Å². The summed E-state index contributed by atoms with van der Waals surface area (Å²) < 4.78 is 39.4. The van der Waals surface area contributed by atoms with Gasteiger partial charge in [-0.05, 0) is 60.5 Å². The van der Waals surface area contributed by atoms with E-state index in [0.29, 0.717) is 30.4 Å². The molecule has 180 valence electrons. The first-order valence-electron chi connectivity index (χ1n) is 11.5. The molecule has 1 aliphatic heterocycles. The number of benzene rings is 1. The van der Waals surface area contributed by atoms with Gasteiger partial charge in [0.1, 0.15) is 0 Å². The van der Waals surface area contributed by atoms with Gasteiger partial charge in [0.25, 0.3) is 0 Å². The Morgan fingerprint density at radius 1 is 1.30 bits per heavy atom. The standard InChI is InChI=1S/C23H31N3O6S/c1-13(27)25-20-22(2,3)14-10-16-18(31-9-7-23(16,20)12-14)6-8-24-33(29,30)15-4-5-17-19(11-15)32-21(28)26-17/h4-5,11,14,16,18,20,24H,6-10,12H2,1-3H3,(H,25,27)(H,26,28)/t14-,16-,18-,20-,23?/m1/s1. The third-order valence-corrected chi connectivity index (χ3v) is 9.85. The van der Waals surface area contributed by atoms with Crippen LogP contribution in [0.5, 0.6) is 0 Å². The molecule has 0 radical (unpaired) electrons. The largest absolute Gasteiger partial charge is 0.417 e. The molecule has 3 fully saturated rings. The Labute approximate surface area is 192 Å². The fourth-order valence-corrected chi connectivity index (χ4v) is 7.97. The van der Waals surface area contributed by atoms with Gasteiger partial charge < -0.3 is 14.5 Å². The van der Waals surface area contributed by atoms with E-state index in [0.717, 1.165) is 19.3 Å². The van der Waals surface area contributed by atoms with Gasteiger partial charge in [0.2, 0.25) is 15.9 Å². The number of aromatic nitrogens is 1. The van der Waals surface area contributed by atoms with E-state index in [4.69, 9.17) is 9.15 Å². The van der Waals surface area contributed by atoms with E-state index in [1.54, 1.807) is 6.92 Å². The first-order valence-corrected chi connectivity index (χ1v) is 13.0. The van der Waals surface area contributed by atoms with E-state index in [9.17, 15) is 18.0 Å². The summed E-state index contributed by atoms with van der Waals surface area (Å²) in [5, 5.41) is 3.25. The topological polar surface area (TPSA) is 130 Å². The fraction of sp³-hybridized carbons (Fsp3) is 0.652. The monoisotopic (exact) mass is 477 g/mol. The summed E-state index contributed by atoms with van der Waals surface area (Å²) in [6, 6.07) is 4.41. The zero-order valence-corrected chi connectivity index (χ0v) is 20.0. The number of nitrogens with one attached hydrogen (secondary N) is 3. The normalized spacial score (nSPS) is 32.7. The zero-order valence-electron chi connectivity index (χ0n) is 19.1. The molecule has 10 heteroatoms.